The van der Waals surface area contributed by atoms with E-state index in [0.29, 0.717) is 19.3 Å². The molecule has 0 amide bonds. The van der Waals surface area contributed by atoms with E-state index < -0.39 is 51.8 Å². The zero-order valence-electron chi connectivity index (χ0n) is 33.5. The number of aliphatic hydroxyl groups excluding tert-OH is 3. The number of aliphatic hydroxyl groups is 3. The molecular formula is C42H75O11P. The van der Waals surface area contributed by atoms with Gasteiger partial charge in [-0.05, 0) is 44.9 Å². The molecule has 0 aromatic heterocycles. The summed E-state index contributed by atoms with van der Waals surface area (Å²) >= 11 is 0. The molecule has 314 valence electrons. The minimum absolute atomic E-state index is 0.0917. The van der Waals surface area contributed by atoms with Crippen LogP contribution in [-0.2, 0) is 32.7 Å². The van der Waals surface area contributed by atoms with Crippen molar-refractivity contribution in [3.8, 4) is 0 Å². The molecule has 0 heterocycles. The minimum Gasteiger partial charge on any atom is -0.462 e. The molecular weight excluding hydrogens is 711 g/mol. The molecule has 0 aromatic rings. The first-order valence-electron chi connectivity index (χ1n) is 20.7. The molecule has 0 spiro atoms. The molecule has 0 rings (SSSR count). The molecule has 4 atom stereocenters. The van der Waals surface area contributed by atoms with Gasteiger partial charge in [0.15, 0.2) is 6.10 Å². The van der Waals surface area contributed by atoms with E-state index in [1.54, 1.807) is 0 Å². The molecule has 0 saturated heterocycles. The lowest BCUT2D eigenvalue weighted by molar-refractivity contribution is -0.161. The molecule has 0 aliphatic carbocycles. The van der Waals surface area contributed by atoms with Crippen LogP contribution in [0.4, 0.5) is 0 Å². The molecule has 1 unspecified atom stereocenters. The third-order valence-corrected chi connectivity index (χ3v) is 9.51. The second-order valence-electron chi connectivity index (χ2n) is 13.8. The number of unbranched alkanes of at least 4 members (excludes halogenated alkanes) is 14. The topological polar surface area (TPSA) is 169 Å². The summed E-state index contributed by atoms with van der Waals surface area (Å²) in [7, 11) is -4.64. The molecule has 0 fully saturated rings. The molecule has 11 nitrogen and oxygen atoms in total. The number of phosphoric acid groups is 1. The van der Waals surface area contributed by atoms with Gasteiger partial charge in [0.1, 0.15) is 12.7 Å². The van der Waals surface area contributed by atoms with E-state index in [1.807, 2.05) is 24.3 Å². The number of hydrogen-bond acceptors (Lipinski definition) is 10. The molecule has 0 aliphatic rings. The van der Waals surface area contributed by atoms with Crippen molar-refractivity contribution >= 4 is 19.8 Å². The summed E-state index contributed by atoms with van der Waals surface area (Å²) in [5.74, 6) is -1.01. The summed E-state index contributed by atoms with van der Waals surface area (Å²) in [5.41, 5.74) is 0. The number of ether oxygens (including phenoxy) is 2. The molecule has 0 aliphatic heterocycles. The number of esters is 2. The highest BCUT2D eigenvalue weighted by molar-refractivity contribution is 7.47. The van der Waals surface area contributed by atoms with Crippen LogP contribution in [0.5, 0.6) is 0 Å². The van der Waals surface area contributed by atoms with E-state index >= 15 is 0 Å². The van der Waals surface area contributed by atoms with Crippen molar-refractivity contribution < 1.29 is 52.9 Å². The van der Waals surface area contributed by atoms with Crippen LogP contribution in [0.2, 0.25) is 0 Å². The monoisotopic (exact) mass is 787 g/mol. The maximum atomic E-state index is 12.6. The molecule has 0 aromatic carbocycles. The van der Waals surface area contributed by atoms with Crippen LogP contribution >= 0.6 is 7.82 Å². The lowest BCUT2D eigenvalue weighted by Gasteiger charge is -2.20. The van der Waals surface area contributed by atoms with Crippen molar-refractivity contribution in [2.24, 2.45) is 0 Å². The summed E-state index contributed by atoms with van der Waals surface area (Å²) in [6.07, 6.45) is 35.6. The normalized spacial score (nSPS) is 15.0. The van der Waals surface area contributed by atoms with E-state index in [2.05, 4.69) is 42.7 Å². The van der Waals surface area contributed by atoms with Crippen molar-refractivity contribution in [3.63, 3.8) is 0 Å². The highest BCUT2D eigenvalue weighted by Gasteiger charge is 2.27. The van der Waals surface area contributed by atoms with E-state index in [1.165, 1.54) is 57.8 Å². The van der Waals surface area contributed by atoms with Crippen LogP contribution in [0.25, 0.3) is 0 Å². The van der Waals surface area contributed by atoms with Crippen molar-refractivity contribution in [2.45, 2.75) is 180 Å². The molecule has 12 heteroatoms. The van der Waals surface area contributed by atoms with Crippen molar-refractivity contribution in [2.75, 3.05) is 26.4 Å². The van der Waals surface area contributed by atoms with Gasteiger partial charge in [-0.15, -0.1) is 0 Å². The van der Waals surface area contributed by atoms with Gasteiger partial charge >= 0.3 is 19.8 Å². The molecule has 54 heavy (non-hydrogen) atoms. The van der Waals surface area contributed by atoms with Gasteiger partial charge in [0.05, 0.1) is 25.9 Å². The Labute approximate surface area is 326 Å². The smallest absolute Gasteiger partial charge is 0.462 e. The average molecular weight is 787 g/mol. The van der Waals surface area contributed by atoms with E-state index in [0.717, 1.165) is 57.8 Å². The summed E-state index contributed by atoms with van der Waals surface area (Å²) in [6, 6.07) is 0. The molecule has 0 bridgehead atoms. The number of rotatable bonds is 38. The number of carbonyl (C=O) groups is 2. The first kappa shape index (κ1) is 51.9. The van der Waals surface area contributed by atoms with Crippen LogP contribution in [0.3, 0.4) is 0 Å². The van der Waals surface area contributed by atoms with Gasteiger partial charge < -0.3 is 29.7 Å². The lowest BCUT2D eigenvalue weighted by Crippen LogP contribution is -2.29. The summed E-state index contributed by atoms with van der Waals surface area (Å²) in [4.78, 5) is 34.9. The maximum absolute atomic E-state index is 12.6. The van der Waals surface area contributed by atoms with Gasteiger partial charge in [0.2, 0.25) is 0 Å². The fraction of sp³-hybridized carbons (Fsp3) is 0.762. The van der Waals surface area contributed by atoms with Crippen LogP contribution in [0.1, 0.15) is 162 Å². The zero-order valence-corrected chi connectivity index (χ0v) is 34.4. The van der Waals surface area contributed by atoms with Gasteiger partial charge in [-0.3, -0.25) is 18.6 Å². The van der Waals surface area contributed by atoms with Gasteiger partial charge in [-0.25, -0.2) is 4.57 Å². The zero-order chi connectivity index (χ0) is 40.0. The molecule has 0 saturated carbocycles. The fourth-order valence-corrected chi connectivity index (χ4v) is 6.09. The number of phosphoric ester groups is 1. The average Bonchev–Trinajstić information content (AvgIpc) is 3.15. The van der Waals surface area contributed by atoms with Gasteiger partial charge in [-0.2, -0.15) is 0 Å². The number of allylic oxidation sites excluding steroid dienone is 7. The fourth-order valence-electron chi connectivity index (χ4n) is 5.30. The van der Waals surface area contributed by atoms with Crippen LogP contribution in [0.15, 0.2) is 48.6 Å². The maximum Gasteiger partial charge on any atom is 0.472 e. The lowest BCUT2D eigenvalue weighted by atomic mass is 10.0. The van der Waals surface area contributed by atoms with Gasteiger partial charge in [0.25, 0.3) is 0 Å². The predicted molar refractivity (Wildman–Crippen MR) is 216 cm³/mol. The summed E-state index contributed by atoms with van der Waals surface area (Å²) in [6.45, 7) is 2.14. The first-order valence-corrected chi connectivity index (χ1v) is 22.2. The van der Waals surface area contributed by atoms with Gasteiger partial charge in [-0.1, -0.05) is 152 Å². The van der Waals surface area contributed by atoms with Crippen LogP contribution in [0, 0.1) is 0 Å². The van der Waals surface area contributed by atoms with Crippen LogP contribution < -0.4 is 0 Å². The summed E-state index contributed by atoms with van der Waals surface area (Å²) in [5, 5.41) is 28.1. The first-order chi connectivity index (χ1) is 26.1. The Hall–Kier alpha value is -2.11. The second-order valence-corrected chi connectivity index (χ2v) is 15.3. The summed E-state index contributed by atoms with van der Waals surface area (Å²) < 4.78 is 32.6. The van der Waals surface area contributed by atoms with E-state index in [4.69, 9.17) is 19.1 Å². The van der Waals surface area contributed by atoms with Crippen molar-refractivity contribution in [3.05, 3.63) is 48.6 Å². The third-order valence-electron chi connectivity index (χ3n) is 8.56. The van der Waals surface area contributed by atoms with Gasteiger partial charge in [0, 0.05) is 12.8 Å². The predicted octanol–water partition coefficient (Wildman–Crippen LogP) is 9.53. The Morgan fingerprint density at radius 3 is 1.69 bits per heavy atom. The third kappa shape index (κ3) is 36.8. The highest BCUT2D eigenvalue weighted by atomic mass is 31.2. The SMILES string of the molecule is CCCCCCCCCCCCCCCC(=O)OC[C@H](COP(=O)(O)OC[C@@H](O)CO)OC(=O)CCC/C=C\C/C=C\C/C=C\C/C=C\[C@H](O)CCCC. The Morgan fingerprint density at radius 2 is 1.11 bits per heavy atom. The quantitative estimate of drug-likeness (QED) is 0.0204. The number of hydrogen-bond donors (Lipinski definition) is 4. The van der Waals surface area contributed by atoms with E-state index in [-0.39, 0.29) is 25.6 Å². The molecule has 4 N–H and O–H groups in total. The Balaban J connectivity index is 4.46. The largest absolute Gasteiger partial charge is 0.472 e. The minimum atomic E-state index is -4.64. The highest BCUT2D eigenvalue weighted by Crippen LogP contribution is 2.43. The Morgan fingerprint density at radius 1 is 0.611 bits per heavy atom. The van der Waals surface area contributed by atoms with Crippen molar-refractivity contribution in [1.82, 2.24) is 0 Å². The standard InChI is InChI=1S/C42H75O11P/c1-3-5-7-8-9-10-11-12-16-19-22-25-28-32-41(46)50-36-40(37-52-54(48,49)51-35-39(45)34-43)53-42(47)33-29-26-23-20-17-14-13-15-18-21-24-27-31-38(44)30-6-4-2/h13-14,18,20-21,23,27,31,38-40,43-45H,3-12,15-17,19,22,24-26,28-30,32-37H2,1-2H3,(H,48,49)/b14-13-,21-18-,23-20-,31-27-/t38-,39+,40-/m1/s1. The number of carbonyl (C=O) groups excluding carboxylic acids is 2. The Kier molecular flexibility index (Phi) is 36.3. The second kappa shape index (κ2) is 37.8. The van der Waals surface area contributed by atoms with Crippen molar-refractivity contribution in [1.29, 1.82) is 0 Å². The van der Waals surface area contributed by atoms with Crippen LogP contribution in [-0.4, -0.2) is 76.9 Å². The Bertz CT molecular complexity index is 1060. The molecule has 0 radical (unpaired) electrons. The van der Waals surface area contributed by atoms with E-state index in [9.17, 15) is 29.3 Å².